The number of esters is 1. The number of carbonyl (C=O) groups excluding carboxylic acids is 1. The van der Waals surface area contributed by atoms with Gasteiger partial charge in [-0.1, -0.05) is 149 Å². The minimum Gasteiger partial charge on any atom is -0.756 e. The van der Waals surface area contributed by atoms with E-state index in [0.29, 0.717) is 17.6 Å². The van der Waals surface area contributed by atoms with Crippen LogP contribution in [0.4, 0.5) is 0 Å². The van der Waals surface area contributed by atoms with Crippen molar-refractivity contribution in [1.29, 1.82) is 0 Å². The summed E-state index contributed by atoms with van der Waals surface area (Å²) in [6.45, 7) is 4.86. The average molecular weight is 650 g/mol. The quantitative estimate of drug-likeness (QED) is 0.0297. The molecular formula is C35H72NO7P. The molecule has 2 atom stereocenters. The van der Waals surface area contributed by atoms with Crippen LogP contribution in [-0.2, 0) is 27.9 Å². The van der Waals surface area contributed by atoms with Crippen LogP contribution in [-0.4, -0.2) is 70.7 Å². The van der Waals surface area contributed by atoms with Crippen LogP contribution in [0.2, 0.25) is 0 Å². The summed E-state index contributed by atoms with van der Waals surface area (Å²) in [5.41, 5.74) is 0. The van der Waals surface area contributed by atoms with Gasteiger partial charge in [0.15, 0.2) is 0 Å². The molecule has 0 bridgehead atoms. The van der Waals surface area contributed by atoms with Crippen LogP contribution in [0, 0.1) is 0 Å². The fourth-order valence-electron chi connectivity index (χ4n) is 5.05. The van der Waals surface area contributed by atoms with Crippen molar-refractivity contribution < 1.29 is 37.3 Å². The number of likely N-dealkylation sites (N-methyl/N-ethyl adjacent to an activating group) is 1. The van der Waals surface area contributed by atoms with Gasteiger partial charge in [0.2, 0.25) is 0 Å². The van der Waals surface area contributed by atoms with Crippen LogP contribution in [0.15, 0.2) is 0 Å². The summed E-state index contributed by atoms with van der Waals surface area (Å²) in [5, 5.41) is 0. The van der Waals surface area contributed by atoms with E-state index < -0.39 is 19.9 Å². The summed E-state index contributed by atoms with van der Waals surface area (Å²) in [6, 6.07) is 0. The highest BCUT2D eigenvalue weighted by molar-refractivity contribution is 7.45. The summed E-state index contributed by atoms with van der Waals surface area (Å²) in [7, 11) is 1.36. The number of phosphoric ester groups is 1. The molecule has 0 saturated carbocycles. The predicted molar refractivity (Wildman–Crippen MR) is 181 cm³/mol. The third-order valence-corrected chi connectivity index (χ3v) is 8.93. The van der Waals surface area contributed by atoms with E-state index in [1.165, 1.54) is 128 Å². The maximum atomic E-state index is 12.1. The second kappa shape index (κ2) is 29.9. The first-order valence-corrected chi connectivity index (χ1v) is 19.7. The first-order valence-electron chi connectivity index (χ1n) is 18.3. The van der Waals surface area contributed by atoms with Crippen molar-refractivity contribution >= 4 is 13.8 Å². The van der Waals surface area contributed by atoms with Crippen LogP contribution < -0.4 is 4.89 Å². The lowest BCUT2D eigenvalue weighted by atomic mass is 10.0. The minimum atomic E-state index is -4.47. The lowest BCUT2D eigenvalue weighted by Gasteiger charge is -2.28. The van der Waals surface area contributed by atoms with Crippen molar-refractivity contribution in [1.82, 2.24) is 0 Å². The van der Waals surface area contributed by atoms with E-state index in [2.05, 4.69) is 6.92 Å². The van der Waals surface area contributed by atoms with E-state index in [1.54, 1.807) is 6.92 Å². The van der Waals surface area contributed by atoms with Gasteiger partial charge in [0.25, 0.3) is 7.82 Å². The molecule has 0 fully saturated rings. The fraction of sp³-hybridized carbons (Fsp3) is 0.971. The van der Waals surface area contributed by atoms with Crippen LogP contribution in [0.25, 0.3) is 0 Å². The van der Waals surface area contributed by atoms with Gasteiger partial charge >= 0.3 is 5.97 Å². The Balaban J connectivity index is 3.63. The van der Waals surface area contributed by atoms with Gasteiger partial charge in [-0.05, 0) is 6.42 Å². The van der Waals surface area contributed by atoms with Crippen LogP contribution in [0.1, 0.15) is 162 Å². The first-order chi connectivity index (χ1) is 21.1. The highest BCUT2D eigenvalue weighted by atomic mass is 31.2. The second-order valence-corrected chi connectivity index (χ2v) is 15.0. The highest BCUT2D eigenvalue weighted by Gasteiger charge is 2.19. The van der Waals surface area contributed by atoms with E-state index in [9.17, 15) is 14.3 Å². The fourth-order valence-corrected chi connectivity index (χ4v) is 5.78. The number of nitrogens with zero attached hydrogens (tertiary/aromatic N) is 1. The Kier molecular flexibility index (Phi) is 29.5. The number of hydrogen-bond acceptors (Lipinski definition) is 7. The lowest BCUT2D eigenvalue weighted by molar-refractivity contribution is -0.870. The molecule has 0 radical (unpaired) electrons. The Hall–Kier alpha value is -0.500. The first kappa shape index (κ1) is 43.5. The molecule has 2 unspecified atom stereocenters. The summed E-state index contributed by atoms with van der Waals surface area (Å²) in [5.74, 6) is -0.418. The van der Waals surface area contributed by atoms with Gasteiger partial charge in [0.05, 0.1) is 34.4 Å². The molecule has 0 aliphatic rings. The zero-order chi connectivity index (χ0) is 32.8. The summed E-state index contributed by atoms with van der Waals surface area (Å²) in [6.07, 6.45) is 29.2. The summed E-state index contributed by atoms with van der Waals surface area (Å²) >= 11 is 0. The number of ether oxygens (including phenoxy) is 2. The van der Waals surface area contributed by atoms with Gasteiger partial charge in [-0.2, -0.15) is 0 Å². The molecule has 0 aromatic rings. The molecule has 0 spiro atoms. The van der Waals surface area contributed by atoms with E-state index >= 15 is 0 Å². The Morgan fingerprint density at radius 2 is 1.02 bits per heavy atom. The summed E-state index contributed by atoms with van der Waals surface area (Å²) in [4.78, 5) is 23.8. The Morgan fingerprint density at radius 1 is 0.614 bits per heavy atom. The zero-order valence-corrected chi connectivity index (χ0v) is 30.5. The number of rotatable bonds is 34. The molecule has 44 heavy (non-hydrogen) atoms. The van der Waals surface area contributed by atoms with Gasteiger partial charge < -0.3 is 27.9 Å². The van der Waals surface area contributed by atoms with E-state index in [4.69, 9.17) is 18.5 Å². The highest BCUT2D eigenvalue weighted by Crippen LogP contribution is 2.38. The third kappa shape index (κ3) is 32.9. The normalized spacial score (nSPS) is 14.0. The van der Waals surface area contributed by atoms with Gasteiger partial charge in [-0.25, -0.2) is 0 Å². The van der Waals surface area contributed by atoms with Gasteiger partial charge in [-0.3, -0.25) is 9.36 Å². The molecule has 8 nitrogen and oxygen atoms in total. The summed E-state index contributed by atoms with van der Waals surface area (Å²) < 4.78 is 33.5. The molecule has 0 N–H and O–H groups in total. The number of hydrogen-bond donors (Lipinski definition) is 0. The molecule has 0 aromatic heterocycles. The molecule has 0 rings (SSSR count). The molecule has 0 aromatic carbocycles. The number of quaternary nitrogens is 1. The van der Waals surface area contributed by atoms with Crippen LogP contribution in [0.3, 0.4) is 0 Å². The van der Waals surface area contributed by atoms with Crippen molar-refractivity contribution in [3.05, 3.63) is 0 Å². The van der Waals surface area contributed by atoms with Gasteiger partial charge in [-0.15, -0.1) is 0 Å². The van der Waals surface area contributed by atoms with Crippen molar-refractivity contribution in [2.75, 3.05) is 54.1 Å². The lowest BCUT2D eigenvalue weighted by Crippen LogP contribution is -2.37. The molecule has 0 amide bonds. The maximum absolute atomic E-state index is 12.1. The van der Waals surface area contributed by atoms with Crippen molar-refractivity contribution in [2.45, 2.75) is 168 Å². The van der Waals surface area contributed by atoms with E-state index in [1.807, 2.05) is 21.1 Å². The standard InChI is InChI=1S/C35H72NO7P/c1-6-8-9-10-11-12-13-14-15-16-17-18-19-20-21-22-23-24-25-26-27-28-30-40-32-34(43-35(37)7-2)33-42-44(38,39)41-31-29-36(3,4)5/h34H,6-33H2,1-5H3. The molecular weight excluding hydrogens is 577 g/mol. The predicted octanol–water partition coefficient (Wildman–Crippen LogP) is 9.13. The van der Waals surface area contributed by atoms with Crippen LogP contribution >= 0.6 is 7.82 Å². The molecule has 264 valence electrons. The Morgan fingerprint density at radius 3 is 1.41 bits per heavy atom. The molecule has 9 heteroatoms. The molecule has 0 aliphatic carbocycles. The zero-order valence-electron chi connectivity index (χ0n) is 29.6. The molecule has 0 aliphatic heterocycles. The monoisotopic (exact) mass is 650 g/mol. The average Bonchev–Trinajstić information content (AvgIpc) is 2.97. The smallest absolute Gasteiger partial charge is 0.305 e. The van der Waals surface area contributed by atoms with Crippen LogP contribution in [0.5, 0.6) is 0 Å². The maximum Gasteiger partial charge on any atom is 0.305 e. The SMILES string of the molecule is CCCCCCCCCCCCCCCCCCCCCCCCOCC(COP(=O)([O-])OCC[N+](C)(C)C)OC(=O)CC. The third-order valence-electron chi connectivity index (χ3n) is 7.96. The number of carbonyl (C=O) groups is 1. The molecule has 0 saturated heterocycles. The van der Waals surface area contributed by atoms with Gasteiger partial charge in [0, 0.05) is 13.0 Å². The van der Waals surface area contributed by atoms with Gasteiger partial charge in [0.1, 0.15) is 19.3 Å². The molecule has 0 heterocycles. The Bertz CT molecular complexity index is 686. The largest absolute Gasteiger partial charge is 0.756 e. The van der Waals surface area contributed by atoms with Crippen molar-refractivity contribution in [2.24, 2.45) is 0 Å². The van der Waals surface area contributed by atoms with E-state index in [-0.39, 0.29) is 26.2 Å². The number of unbranched alkanes of at least 4 members (excludes halogenated alkanes) is 21. The second-order valence-electron chi connectivity index (χ2n) is 13.6. The Labute approximate surface area is 272 Å². The topological polar surface area (TPSA) is 94.1 Å². The van der Waals surface area contributed by atoms with Crippen molar-refractivity contribution in [3.8, 4) is 0 Å². The van der Waals surface area contributed by atoms with Crippen molar-refractivity contribution in [3.63, 3.8) is 0 Å². The number of phosphoric acid groups is 1. The minimum absolute atomic E-state index is 0.0275. The van der Waals surface area contributed by atoms with E-state index in [0.717, 1.165) is 12.8 Å².